The molecule has 0 radical (unpaired) electrons. The standard InChI is InChI=1S/C21H22N2O6S/c1-21(2)17(20(26)29-12-13-8-4-3-5-9-13)23-18(25)15(19(23)30(21,27)28)16(24)14-10-6-7-11-22-14/h3-11,15-17,19,24H,12H2,1-2H3/t15-,16-,17+,19-/m1/s1. The minimum atomic E-state index is -3.96. The molecular weight excluding hydrogens is 408 g/mol. The van der Waals surface area contributed by atoms with Gasteiger partial charge in [0.15, 0.2) is 9.84 Å². The van der Waals surface area contributed by atoms with Gasteiger partial charge in [-0.1, -0.05) is 36.4 Å². The molecule has 2 saturated heterocycles. The zero-order valence-electron chi connectivity index (χ0n) is 16.5. The van der Waals surface area contributed by atoms with Crippen LogP contribution < -0.4 is 0 Å². The molecule has 0 saturated carbocycles. The van der Waals surface area contributed by atoms with E-state index in [-0.39, 0.29) is 12.3 Å². The Morgan fingerprint density at radius 2 is 1.87 bits per heavy atom. The minimum absolute atomic E-state index is 0.0288. The summed E-state index contributed by atoms with van der Waals surface area (Å²) in [6.45, 7) is 2.79. The molecular formula is C21H22N2O6S. The molecule has 2 aliphatic heterocycles. The Balaban J connectivity index is 1.60. The highest BCUT2D eigenvalue weighted by molar-refractivity contribution is 7.93. The van der Waals surface area contributed by atoms with Crippen molar-refractivity contribution in [1.29, 1.82) is 0 Å². The second-order valence-electron chi connectivity index (χ2n) is 8.01. The number of sulfone groups is 1. The summed E-state index contributed by atoms with van der Waals surface area (Å²) >= 11 is 0. The Bertz CT molecular complexity index is 1070. The number of aromatic nitrogens is 1. The Morgan fingerprint density at radius 1 is 1.20 bits per heavy atom. The maximum absolute atomic E-state index is 13.2. The number of pyridine rings is 1. The van der Waals surface area contributed by atoms with E-state index in [0.717, 1.165) is 10.5 Å². The molecule has 1 N–H and O–H groups in total. The largest absolute Gasteiger partial charge is 0.459 e. The van der Waals surface area contributed by atoms with Crippen LogP contribution in [0, 0.1) is 5.92 Å². The maximum atomic E-state index is 13.2. The van der Waals surface area contributed by atoms with Gasteiger partial charge in [0.1, 0.15) is 30.0 Å². The molecule has 30 heavy (non-hydrogen) atoms. The van der Waals surface area contributed by atoms with Crippen molar-refractivity contribution in [3.05, 3.63) is 66.0 Å². The minimum Gasteiger partial charge on any atom is -0.459 e. The van der Waals surface area contributed by atoms with Gasteiger partial charge >= 0.3 is 5.97 Å². The number of β-lactam (4-membered cyclic amide) rings is 1. The number of aliphatic hydroxyl groups is 1. The second-order valence-corrected chi connectivity index (χ2v) is 10.6. The Hall–Kier alpha value is -2.78. The molecule has 0 unspecified atom stereocenters. The van der Waals surface area contributed by atoms with E-state index in [1.54, 1.807) is 36.4 Å². The van der Waals surface area contributed by atoms with E-state index in [4.69, 9.17) is 4.74 Å². The number of amides is 1. The molecule has 158 valence electrons. The summed E-state index contributed by atoms with van der Waals surface area (Å²) in [5.41, 5.74) is 0.957. The lowest BCUT2D eigenvalue weighted by molar-refractivity contribution is -0.172. The zero-order chi connectivity index (χ0) is 21.7. The number of carbonyl (C=O) groups excluding carboxylic acids is 2. The first-order valence-corrected chi connectivity index (χ1v) is 11.1. The van der Waals surface area contributed by atoms with E-state index in [0.29, 0.717) is 0 Å². The van der Waals surface area contributed by atoms with E-state index in [1.807, 2.05) is 6.07 Å². The monoisotopic (exact) mass is 430 g/mol. The summed E-state index contributed by atoms with van der Waals surface area (Å²) in [7, 11) is -3.96. The van der Waals surface area contributed by atoms with E-state index < -0.39 is 49.9 Å². The number of benzene rings is 1. The van der Waals surface area contributed by atoms with Crippen LogP contribution in [0.2, 0.25) is 0 Å². The molecule has 2 aromatic rings. The van der Waals surface area contributed by atoms with Gasteiger partial charge in [-0.25, -0.2) is 13.2 Å². The fourth-order valence-corrected chi connectivity index (χ4v) is 6.48. The lowest BCUT2D eigenvalue weighted by Gasteiger charge is -2.44. The Kier molecular flexibility index (Phi) is 4.90. The van der Waals surface area contributed by atoms with Gasteiger partial charge in [-0.2, -0.15) is 0 Å². The molecule has 1 amide bonds. The molecule has 2 aliphatic rings. The summed E-state index contributed by atoms with van der Waals surface area (Å²) in [6, 6.07) is 12.5. The van der Waals surface area contributed by atoms with Crippen molar-refractivity contribution in [3.63, 3.8) is 0 Å². The fraction of sp³-hybridized carbons (Fsp3) is 0.381. The van der Waals surface area contributed by atoms with E-state index in [2.05, 4.69) is 4.98 Å². The highest BCUT2D eigenvalue weighted by atomic mass is 32.2. The summed E-state index contributed by atoms with van der Waals surface area (Å²) in [4.78, 5) is 30.8. The van der Waals surface area contributed by atoms with Crippen molar-refractivity contribution in [2.45, 2.75) is 42.7 Å². The van der Waals surface area contributed by atoms with Crippen LogP contribution in [0.1, 0.15) is 31.2 Å². The van der Waals surface area contributed by atoms with Crippen LogP contribution in [0.15, 0.2) is 54.7 Å². The average Bonchev–Trinajstić information content (AvgIpc) is 2.88. The summed E-state index contributed by atoms with van der Waals surface area (Å²) in [5.74, 6) is -2.60. The maximum Gasteiger partial charge on any atom is 0.330 e. The van der Waals surface area contributed by atoms with Gasteiger partial charge in [0.2, 0.25) is 5.91 Å². The van der Waals surface area contributed by atoms with Gasteiger partial charge in [0.25, 0.3) is 0 Å². The number of hydrogen-bond acceptors (Lipinski definition) is 7. The van der Waals surface area contributed by atoms with Crippen molar-refractivity contribution < 1.29 is 27.9 Å². The van der Waals surface area contributed by atoms with Gasteiger partial charge in [-0.05, 0) is 31.5 Å². The third-order valence-electron chi connectivity index (χ3n) is 5.89. The number of carbonyl (C=O) groups is 2. The first kappa shape index (κ1) is 20.5. The molecule has 4 atom stereocenters. The first-order chi connectivity index (χ1) is 14.2. The van der Waals surface area contributed by atoms with Gasteiger partial charge in [0, 0.05) is 6.20 Å². The van der Waals surface area contributed by atoms with Crippen LogP contribution in [-0.4, -0.2) is 51.4 Å². The summed E-state index contributed by atoms with van der Waals surface area (Å²) < 4.78 is 30.2. The SMILES string of the molecule is CC1(C)[C@H](C(=O)OCc2ccccc2)N2C(=O)[C@@H]([C@H](O)c3ccccn3)[C@H]2S1(=O)=O. The second kappa shape index (κ2) is 7.17. The number of fused-ring (bicyclic) bond motifs is 1. The van der Waals surface area contributed by atoms with Crippen molar-refractivity contribution in [1.82, 2.24) is 9.88 Å². The molecule has 3 heterocycles. The molecule has 0 aliphatic carbocycles. The van der Waals surface area contributed by atoms with Crippen LogP contribution in [0.3, 0.4) is 0 Å². The average molecular weight is 430 g/mol. The number of esters is 1. The smallest absolute Gasteiger partial charge is 0.330 e. The van der Waals surface area contributed by atoms with Gasteiger partial charge in [0.05, 0.1) is 10.4 Å². The van der Waals surface area contributed by atoms with E-state index in [1.165, 1.54) is 26.1 Å². The third kappa shape index (κ3) is 2.92. The quantitative estimate of drug-likeness (QED) is 0.560. The van der Waals surface area contributed by atoms with Crippen molar-refractivity contribution in [2.75, 3.05) is 0 Å². The third-order valence-corrected chi connectivity index (χ3v) is 8.73. The molecule has 9 heteroatoms. The zero-order valence-corrected chi connectivity index (χ0v) is 17.3. The van der Waals surface area contributed by atoms with Crippen LogP contribution in [0.4, 0.5) is 0 Å². The van der Waals surface area contributed by atoms with Gasteiger partial charge in [-0.15, -0.1) is 0 Å². The molecule has 2 fully saturated rings. The lowest BCUT2D eigenvalue weighted by atomic mass is 9.86. The summed E-state index contributed by atoms with van der Waals surface area (Å²) in [6.07, 6.45) is 0.0700. The fourth-order valence-electron chi connectivity index (χ4n) is 4.16. The molecule has 4 rings (SSSR count). The Morgan fingerprint density at radius 3 is 2.50 bits per heavy atom. The van der Waals surface area contributed by atoms with Crippen LogP contribution in [0.25, 0.3) is 0 Å². The van der Waals surface area contributed by atoms with Crippen LogP contribution in [0.5, 0.6) is 0 Å². The number of rotatable bonds is 5. The number of nitrogens with zero attached hydrogens (tertiary/aromatic N) is 2. The number of hydrogen-bond donors (Lipinski definition) is 1. The van der Waals surface area contributed by atoms with Crippen molar-refractivity contribution in [3.8, 4) is 0 Å². The van der Waals surface area contributed by atoms with Crippen molar-refractivity contribution in [2.24, 2.45) is 5.92 Å². The topological polar surface area (TPSA) is 114 Å². The van der Waals surface area contributed by atoms with E-state index in [9.17, 15) is 23.1 Å². The molecule has 0 spiro atoms. The molecule has 8 nitrogen and oxygen atoms in total. The Labute approximate surface area is 174 Å². The normalized spacial score (nSPS) is 27.1. The molecule has 1 aromatic heterocycles. The van der Waals surface area contributed by atoms with Crippen LogP contribution >= 0.6 is 0 Å². The predicted octanol–water partition coefficient (Wildman–Crippen LogP) is 1.22. The predicted molar refractivity (Wildman–Crippen MR) is 106 cm³/mol. The molecule has 1 aromatic carbocycles. The summed E-state index contributed by atoms with van der Waals surface area (Å²) in [5, 5.41) is 9.35. The number of ether oxygens (including phenoxy) is 1. The number of aliphatic hydroxyl groups excluding tert-OH is 1. The highest BCUT2D eigenvalue weighted by Crippen LogP contribution is 2.52. The molecule has 0 bridgehead atoms. The highest BCUT2D eigenvalue weighted by Gasteiger charge is 2.73. The van der Waals surface area contributed by atoms with Gasteiger partial charge in [-0.3, -0.25) is 9.78 Å². The lowest BCUT2D eigenvalue weighted by Crippen LogP contribution is -2.65. The van der Waals surface area contributed by atoms with Gasteiger partial charge < -0.3 is 14.7 Å². The first-order valence-electron chi connectivity index (χ1n) is 9.53. The van der Waals surface area contributed by atoms with Crippen LogP contribution in [-0.2, 0) is 30.8 Å². The van der Waals surface area contributed by atoms with Crippen molar-refractivity contribution >= 4 is 21.7 Å². The van der Waals surface area contributed by atoms with E-state index >= 15 is 0 Å².